The number of carbonyl (C=O) groups is 3. The Bertz CT molecular complexity index is 1160. The molecule has 1 aromatic rings. The van der Waals surface area contributed by atoms with Crippen molar-refractivity contribution in [2.45, 2.75) is 108 Å². The molecule has 40 heavy (non-hydrogen) atoms. The fourth-order valence-electron chi connectivity index (χ4n) is 7.00. The number of imide groups is 1. The van der Waals surface area contributed by atoms with Crippen molar-refractivity contribution in [1.29, 1.82) is 0 Å². The minimum Gasteiger partial charge on any atom is -0.368 e. The summed E-state index contributed by atoms with van der Waals surface area (Å²) in [6.45, 7) is 1.67. The van der Waals surface area contributed by atoms with E-state index in [-0.39, 0.29) is 43.5 Å². The van der Waals surface area contributed by atoms with E-state index in [2.05, 4.69) is 21.6 Å². The summed E-state index contributed by atoms with van der Waals surface area (Å²) >= 11 is 0. The van der Waals surface area contributed by atoms with E-state index in [1.165, 1.54) is 12.8 Å². The Labute approximate surface area is 233 Å². The van der Waals surface area contributed by atoms with Crippen molar-refractivity contribution in [1.82, 2.24) is 15.5 Å². The molecule has 10 heteroatoms. The number of hydrogen-bond acceptors (Lipinski definition) is 5. The van der Waals surface area contributed by atoms with Gasteiger partial charge in [0.1, 0.15) is 6.04 Å². The van der Waals surface area contributed by atoms with Crippen LogP contribution in [-0.2, 0) is 16.1 Å². The summed E-state index contributed by atoms with van der Waals surface area (Å²) in [6, 6.07) is 5.74. The Hall–Kier alpha value is -2.62. The van der Waals surface area contributed by atoms with Crippen LogP contribution < -0.4 is 15.5 Å². The van der Waals surface area contributed by atoms with Gasteiger partial charge in [-0.15, -0.1) is 0 Å². The molecule has 1 unspecified atom stereocenters. The van der Waals surface area contributed by atoms with Gasteiger partial charge in [0, 0.05) is 48.4 Å². The molecule has 0 aromatic heterocycles. The quantitative estimate of drug-likeness (QED) is 0.406. The summed E-state index contributed by atoms with van der Waals surface area (Å²) < 4.78 is 39.9. The molecule has 0 bridgehead atoms. The van der Waals surface area contributed by atoms with Crippen molar-refractivity contribution in [2.24, 2.45) is 11.3 Å². The standard InChI is InChI=1S/C30H39F3N4O3/c31-30(32,33)29(13-14-29)15-16-34-20-6-8-21(9-7-20)36(17-12-19-4-5-19)24-3-1-2-22-23(24)18-37(28(22)40)25-10-11-26(38)35-27(25)39/h1-3,19-21,25,34H,4-18H2,(H,35,38,39). The van der Waals surface area contributed by atoms with Gasteiger partial charge in [-0.25, -0.2) is 0 Å². The predicted octanol–water partition coefficient (Wildman–Crippen LogP) is 4.69. The maximum Gasteiger partial charge on any atom is 0.394 e. The Kier molecular flexibility index (Phi) is 7.34. The van der Waals surface area contributed by atoms with Crippen LogP contribution in [0.15, 0.2) is 18.2 Å². The van der Waals surface area contributed by atoms with Gasteiger partial charge in [0.15, 0.2) is 0 Å². The first-order valence-corrected chi connectivity index (χ1v) is 15.0. The number of piperidine rings is 1. The molecule has 1 saturated heterocycles. The van der Waals surface area contributed by atoms with Gasteiger partial charge in [-0.3, -0.25) is 19.7 Å². The number of amides is 3. The van der Waals surface area contributed by atoms with Crippen LogP contribution in [0.3, 0.4) is 0 Å². The Morgan fingerprint density at radius 1 is 1.02 bits per heavy atom. The van der Waals surface area contributed by atoms with Crippen LogP contribution >= 0.6 is 0 Å². The number of hydrogen-bond donors (Lipinski definition) is 2. The van der Waals surface area contributed by atoms with Crippen LogP contribution in [0.4, 0.5) is 18.9 Å². The summed E-state index contributed by atoms with van der Waals surface area (Å²) in [5.41, 5.74) is 1.19. The molecule has 3 amide bonds. The van der Waals surface area contributed by atoms with Crippen LogP contribution in [0.2, 0.25) is 0 Å². The van der Waals surface area contributed by atoms with Crippen molar-refractivity contribution in [3.8, 4) is 0 Å². The summed E-state index contributed by atoms with van der Waals surface area (Å²) in [5.74, 6) is -0.107. The molecule has 7 nitrogen and oxygen atoms in total. The van der Waals surface area contributed by atoms with Gasteiger partial charge in [0.2, 0.25) is 11.8 Å². The van der Waals surface area contributed by atoms with E-state index in [1.807, 2.05) is 12.1 Å². The number of carbonyl (C=O) groups excluding carboxylic acids is 3. The highest BCUT2D eigenvalue weighted by atomic mass is 19.4. The first kappa shape index (κ1) is 27.5. The molecule has 3 aliphatic carbocycles. The Balaban J connectivity index is 1.12. The molecule has 0 spiro atoms. The Morgan fingerprint density at radius 2 is 1.77 bits per heavy atom. The number of fused-ring (bicyclic) bond motifs is 1. The van der Waals surface area contributed by atoms with E-state index in [4.69, 9.17) is 0 Å². The third-order valence-electron chi connectivity index (χ3n) is 9.97. The van der Waals surface area contributed by atoms with Crippen molar-refractivity contribution >= 4 is 23.4 Å². The maximum atomic E-state index is 13.4. The number of rotatable bonds is 10. The summed E-state index contributed by atoms with van der Waals surface area (Å²) in [5, 5.41) is 5.79. The zero-order chi connectivity index (χ0) is 28.1. The zero-order valence-corrected chi connectivity index (χ0v) is 22.9. The van der Waals surface area contributed by atoms with Crippen molar-refractivity contribution < 1.29 is 27.6 Å². The van der Waals surface area contributed by atoms with Gasteiger partial charge in [-0.1, -0.05) is 18.9 Å². The molecule has 2 aliphatic heterocycles. The third-order valence-corrected chi connectivity index (χ3v) is 9.97. The number of anilines is 1. The topological polar surface area (TPSA) is 81.8 Å². The molecule has 4 fully saturated rings. The molecule has 1 aromatic carbocycles. The number of alkyl halides is 3. The summed E-state index contributed by atoms with van der Waals surface area (Å²) in [6.07, 6.45) is 4.50. The average molecular weight is 561 g/mol. The smallest absolute Gasteiger partial charge is 0.368 e. The van der Waals surface area contributed by atoms with Crippen LogP contribution in [-0.4, -0.2) is 60.0 Å². The molecule has 1 atom stereocenters. The Morgan fingerprint density at radius 3 is 2.42 bits per heavy atom. The summed E-state index contributed by atoms with van der Waals surface area (Å²) in [4.78, 5) is 41.7. The van der Waals surface area contributed by atoms with E-state index in [0.717, 1.165) is 55.8 Å². The highest BCUT2D eigenvalue weighted by Gasteiger charge is 2.62. The van der Waals surface area contributed by atoms with Gasteiger partial charge in [0.05, 0.1) is 5.41 Å². The first-order chi connectivity index (χ1) is 19.1. The number of nitrogens with one attached hydrogen (secondary N) is 2. The fraction of sp³-hybridized carbons (Fsp3) is 0.700. The lowest BCUT2D eigenvalue weighted by Crippen LogP contribution is -2.52. The van der Waals surface area contributed by atoms with E-state index in [9.17, 15) is 27.6 Å². The lowest BCUT2D eigenvalue weighted by atomic mass is 9.88. The highest BCUT2D eigenvalue weighted by Crippen LogP contribution is 2.59. The maximum absolute atomic E-state index is 13.4. The van der Waals surface area contributed by atoms with Gasteiger partial charge in [0.25, 0.3) is 5.91 Å². The minimum atomic E-state index is -4.10. The second kappa shape index (κ2) is 10.7. The molecule has 0 radical (unpaired) electrons. The van der Waals surface area contributed by atoms with E-state index in [1.54, 1.807) is 4.90 Å². The van der Waals surface area contributed by atoms with Crippen molar-refractivity contribution in [3.05, 3.63) is 29.3 Å². The van der Waals surface area contributed by atoms with E-state index < -0.39 is 23.5 Å². The largest absolute Gasteiger partial charge is 0.394 e. The minimum absolute atomic E-state index is 0.159. The van der Waals surface area contributed by atoms with Gasteiger partial charge >= 0.3 is 6.18 Å². The van der Waals surface area contributed by atoms with Gasteiger partial charge in [-0.05, 0) is 82.4 Å². The lowest BCUT2D eigenvalue weighted by molar-refractivity contribution is -0.188. The van der Waals surface area contributed by atoms with E-state index >= 15 is 0 Å². The zero-order valence-electron chi connectivity index (χ0n) is 22.9. The number of halogens is 3. The molecule has 5 aliphatic rings. The van der Waals surface area contributed by atoms with Crippen molar-refractivity contribution in [2.75, 3.05) is 18.0 Å². The summed E-state index contributed by atoms with van der Waals surface area (Å²) in [7, 11) is 0. The highest BCUT2D eigenvalue weighted by molar-refractivity contribution is 6.06. The predicted molar refractivity (Wildman–Crippen MR) is 144 cm³/mol. The second-order valence-corrected chi connectivity index (χ2v) is 12.6. The molecule has 218 valence electrons. The van der Waals surface area contributed by atoms with Gasteiger partial charge in [-0.2, -0.15) is 13.2 Å². The lowest BCUT2D eigenvalue weighted by Gasteiger charge is -2.40. The molecular weight excluding hydrogens is 521 g/mol. The van der Waals surface area contributed by atoms with Crippen LogP contribution in [0.25, 0.3) is 0 Å². The van der Waals surface area contributed by atoms with Crippen LogP contribution in [0, 0.1) is 11.3 Å². The second-order valence-electron chi connectivity index (χ2n) is 12.6. The normalized spacial score (nSPS) is 27.9. The van der Waals surface area contributed by atoms with E-state index in [0.29, 0.717) is 31.1 Å². The molecular formula is C30H39F3N4O3. The average Bonchev–Trinajstić information content (AvgIpc) is 3.84. The van der Waals surface area contributed by atoms with Crippen LogP contribution in [0.5, 0.6) is 0 Å². The SMILES string of the molecule is O=C1CCC(N2Cc3c(cccc3N(CCC3CC3)C3CCC(NCCC4(C(F)(F)F)CC4)CC3)C2=O)C(=O)N1. The third kappa shape index (κ3) is 5.48. The monoisotopic (exact) mass is 560 g/mol. The molecule has 2 heterocycles. The van der Waals surface area contributed by atoms with Crippen LogP contribution in [0.1, 0.15) is 93.0 Å². The molecule has 6 rings (SSSR count). The fourth-order valence-corrected chi connectivity index (χ4v) is 7.00. The molecule has 2 N–H and O–H groups in total. The van der Waals surface area contributed by atoms with Crippen molar-refractivity contribution in [3.63, 3.8) is 0 Å². The van der Waals surface area contributed by atoms with Gasteiger partial charge < -0.3 is 15.1 Å². The number of nitrogens with zero attached hydrogens (tertiary/aromatic N) is 2. The first-order valence-electron chi connectivity index (χ1n) is 15.0. The molecule has 3 saturated carbocycles. The number of benzene rings is 1.